The molecular formula is C29H23BrN2O6. The zero-order chi connectivity index (χ0) is 27.1. The molecule has 3 aromatic carbocycles. The first-order valence-corrected chi connectivity index (χ1v) is 12.5. The highest BCUT2D eigenvalue weighted by Gasteiger charge is 2.44. The molecule has 0 aliphatic carbocycles. The summed E-state index contributed by atoms with van der Waals surface area (Å²) in [5.41, 5.74) is 2.75. The van der Waals surface area contributed by atoms with E-state index in [-0.39, 0.29) is 23.4 Å². The van der Waals surface area contributed by atoms with Gasteiger partial charge in [-0.05, 0) is 59.7 Å². The van der Waals surface area contributed by atoms with Crippen LogP contribution in [0.15, 0.2) is 93.0 Å². The molecule has 5 rings (SSSR count). The number of rotatable bonds is 7. The molecular weight excluding hydrogens is 552 g/mol. The lowest BCUT2D eigenvalue weighted by Gasteiger charge is -2.27. The Morgan fingerprint density at radius 3 is 2.32 bits per heavy atom. The molecule has 2 N–H and O–H groups in total. The van der Waals surface area contributed by atoms with Crippen LogP contribution < -0.4 is 4.90 Å². The molecule has 0 saturated heterocycles. The number of amides is 1. The van der Waals surface area contributed by atoms with E-state index >= 15 is 0 Å². The zero-order valence-electron chi connectivity index (χ0n) is 20.5. The highest BCUT2D eigenvalue weighted by atomic mass is 79.9. The number of hydrogen-bond donors (Lipinski definition) is 2. The van der Waals surface area contributed by atoms with Crippen molar-refractivity contribution < 1.29 is 29.0 Å². The number of halogens is 1. The average Bonchev–Trinajstić information content (AvgIpc) is 3.43. The summed E-state index contributed by atoms with van der Waals surface area (Å²) in [5.74, 6) is -2.97. The predicted molar refractivity (Wildman–Crippen MR) is 145 cm³/mol. The molecule has 0 fully saturated rings. The van der Waals surface area contributed by atoms with Crippen molar-refractivity contribution in [1.82, 2.24) is 4.90 Å². The second-order valence-corrected chi connectivity index (χ2v) is 10.1. The summed E-state index contributed by atoms with van der Waals surface area (Å²) in [7, 11) is 3.81. The van der Waals surface area contributed by atoms with Crippen LogP contribution in [0.1, 0.15) is 38.1 Å². The molecule has 0 radical (unpaired) electrons. The van der Waals surface area contributed by atoms with E-state index in [0.29, 0.717) is 22.1 Å². The van der Waals surface area contributed by atoms with Gasteiger partial charge in [-0.15, -0.1) is 0 Å². The minimum atomic E-state index is -1.06. The number of fused-ring (bicyclic) bond motifs is 1. The summed E-state index contributed by atoms with van der Waals surface area (Å²) in [4.78, 5) is 41.7. The molecule has 1 atom stereocenters. The number of carbonyl (C=O) groups excluding carboxylic acids is 2. The lowest BCUT2D eigenvalue weighted by molar-refractivity contribution is -0.130. The number of carboxylic acids is 1. The van der Waals surface area contributed by atoms with Crippen molar-refractivity contribution in [3.05, 3.63) is 111 Å². The highest BCUT2D eigenvalue weighted by Crippen LogP contribution is 2.41. The molecule has 38 heavy (non-hydrogen) atoms. The normalized spacial score (nSPS) is 15.4. The lowest BCUT2D eigenvalue weighted by Crippen LogP contribution is -2.30. The van der Waals surface area contributed by atoms with Gasteiger partial charge in [-0.25, -0.2) is 4.79 Å². The van der Waals surface area contributed by atoms with Gasteiger partial charge in [-0.3, -0.25) is 9.59 Å². The van der Waals surface area contributed by atoms with E-state index < -0.39 is 29.5 Å². The van der Waals surface area contributed by atoms with Crippen molar-refractivity contribution in [2.45, 2.75) is 12.6 Å². The largest absolute Gasteiger partial charge is 0.503 e. The number of hydrogen-bond acceptors (Lipinski definition) is 6. The Morgan fingerprint density at radius 2 is 1.68 bits per heavy atom. The maximum absolute atomic E-state index is 13.8. The number of furan rings is 1. The smallest absolute Gasteiger partial charge is 0.335 e. The van der Waals surface area contributed by atoms with E-state index in [4.69, 9.17) is 4.42 Å². The average molecular weight is 575 g/mol. The monoisotopic (exact) mass is 574 g/mol. The minimum absolute atomic E-state index is 0.00928. The predicted octanol–water partition coefficient (Wildman–Crippen LogP) is 5.74. The van der Waals surface area contributed by atoms with Crippen LogP contribution in [-0.2, 0) is 11.3 Å². The van der Waals surface area contributed by atoms with Crippen LogP contribution in [0, 0.1) is 0 Å². The molecule has 0 spiro atoms. The fourth-order valence-corrected chi connectivity index (χ4v) is 4.94. The van der Waals surface area contributed by atoms with Crippen LogP contribution in [0.3, 0.4) is 0 Å². The SMILES string of the molecule is CN(C)c1ccc(C2C(C(=O)c3cc4cc(Br)ccc4o3)=C(O)C(=O)N2Cc2ccc(C(=O)O)cc2)cc1. The Hall–Kier alpha value is -4.37. The number of carbonyl (C=O) groups is 3. The van der Waals surface area contributed by atoms with E-state index in [1.807, 2.05) is 49.3 Å². The molecule has 1 unspecified atom stereocenters. The Labute approximate surface area is 226 Å². The van der Waals surface area contributed by atoms with Crippen molar-refractivity contribution in [2.24, 2.45) is 0 Å². The first kappa shape index (κ1) is 25.3. The third kappa shape index (κ3) is 4.56. The molecule has 192 valence electrons. The summed E-state index contributed by atoms with van der Waals surface area (Å²) >= 11 is 3.41. The van der Waals surface area contributed by atoms with Gasteiger partial charge in [0.1, 0.15) is 5.58 Å². The number of benzene rings is 3. The standard InChI is InChI=1S/C29H23BrN2O6/c1-31(2)21-10-7-17(8-11-21)25-24(26(33)23-14-19-13-20(30)9-12-22(19)38-23)27(34)28(35)32(25)15-16-3-5-18(6-4-16)29(36)37/h3-14,25,34H,15H2,1-2H3,(H,36,37). The molecule has 9 heteroatoms. The molecule has 4 aromatic rings. The number of aliphatic hydroxyl groups is 1. The third-order valence-electron chi connectivity index (χ3n) is 6.53. The summed E-state index contributed by atoms with van der Waals surface area (Å²) in [6, 6.07) is 19.5. The van der Waals surface area contributed by atoms with E-state index in [9.17, 15) is 24.6 Å². The Kier molecular flexibility index (Phi) is 6.54. The molecule has 1 aliphatic heterocycles. The van der Waals surface area contributed by atoms with Gasteiger partial charge < -0.3 is 24.4 Å². The number of nitrogens with zero attached hydrogens (tertiary/aromatic N) is 2. The van der Waals surface area contributed by atoms with Gasteiger partial charge in [0.25, 0.3) is 5.91 Å². The van der Waals surface area contributed by atoms with Crippen molar-refractivity contribution in [3.8, 4) is 0 Å². The van der Waals surface area contributed by atoms with Crippen LogP contribution in [0.5, 0.6) is 0 Å². The number of aliphatic hydroxyl groups excluding tert-OH is 1. The minimum Gasteiger partial charge on any atom is -0.503 e. The second kappa shape index (κ2) is 9.83. The fraction of sp³-hybridized carbons (Fsp3) is 0.138. The summed E-state index contributed by atoms with van der Waals surface area (Å²) in [6.45, 7) is 0.0484. The molecule has 1 amide bonds. The number of anilines is 1. The van der Waals surface area contributed by atoms with Gasteiger partial charge in [-0.2, -0.15) is 0 Å². The van der Waals surface area contributed by atoms with E-state index in [1.165, 1.54) is 17.0 Å². The summed E-state index contributed by atoms with van der Waals surface area (Å²) in [5, 5.41) is 20.9. The summed E-state index contributed by atoms with van der Waals surface area (Å²) in [6.07, 6.45) is 0. The van der Waals surface area contributed by atoms with Gasteiger partial charge in [0.05, 0.1) is 17.2 Å². The van der Waals surface area contributed by atoms with Gasteiger partial charge >= 0.3 is 5.97 Å². The van der Waals surface area contributed by atoms with Gasteiger partial charge in [0.2, 0.25) is 5.78 Å². The Morgan fingerprint density at radius 1 is 1.00 bits per heavy atom. The third-order valence-corrected chi connectivity index (χ3v) is 7.02. The van der Waals surface area contributed by atoms with Crippen molar-refractivity contribution in [2.75, 3.05) is 19.0 Å². The zero-order valence-corrected chi connectivity index (χ0v) is 22.1. The van der Waals surface area contributed by atoms with Crippen molar-refractivity contribution in [1.29, 1.82) is 0 Å². The topological polar surface area (TPSA) is 111 Å². The highest BCUT2D eigenvalue weighted by molar-refractivity contribution is 9.10. The molecule has 0 bridgehead atoms. The van der Waals surface area contributed by atoms with Crippen LogP contribution in [0.25, 0.3) is 11.0 Å². The van der Waals surface area contributed by atoms with E-state index in [0.717, 1.165) is 10.2 Å². The maximum Gasteiger partial charge on any atom is 0.335 e. The van der Waals surface area contributed by atoms with Crippen LogP contribution in [-0.4, -0.2) is 46.9 Å². The first-order valence-electron chi connectivity index (χ1n) is 11.7. The fourth-order valence-electron chi connectivity index (χ4n) is 4.56. The van der Waals surface area contributed by atoms with Crippen LogP contribution in [0.4, 0.5) is 5.69 Å². The Bertz CT molecular complexity index is 1600. The number of ketones is 1. The van der Waals surface area contributed by atoms with E-state index in [1.54, 1.807) is 30.3 Å². The van der Waals surface area contributed by atoms with Gasteiger partial charge in [0, 0.05) is 36.2 Å². The van der Waals surface area contributed by atoms with E-state index in [2.05, 4.69) is 15.9 Å². The molecule has 0 saturated carbocycles. The number of aromatic carboxylic acids is 1. The van der Waals surface area contributed by atoms with Crippen LogP contribution >= 0.6 is 15.9 Å². The molecule has 2 heterocycles. The maximum atomic E-state index is 13.8. The summed E-state index contributed by atoms with van der Waals surface area (Å²) < 4.78 is 6.62. The van der Waals surface area contributed by atoms with Crippen molar-refractivity contribution >= 4 is 50.2 Å². The van der Waals surface area contributed by atoms with Crippen LogP contribution in [0.2, 0.25) is 0 Å². The van der Waals surface area contributed by atoms with Gasteiger partial charge in [0.15, 0.2) is 11.5 Å². The van der Waals surface area contributed by atoms with Gasteiger partial charge in [-0.1, -0.05) is 40.2 Å². The second-order valence-electron chi connectivity index (χ2n) is 9.21. The molecule has 8 nitrogen and oxygen atoms in total. The molecule has 1 aliphatic rings. The quantitative estimate of drug-likeness (QED) is 0.271. The first-order chi connectivity index (χ1) is 18.1. The Balaban J connectivity index is 1.57. The van der Waals surface area contributed by atoms with Crippen molar-refractivity contribution in [3.63, 3.8) is 0 Å². The lowest BCUT2D eigenvalue weighted by atomic mass is 9.94. The molecule has 1 aromatic heterocycles. The number of Topliss-reactive ketones (excluding diaryl/α,β-unsaturated/α-hetero) is 1. The number of carboxylic acid groups (broad SMARTS) is 1.